The normalized spacial score (nSPS) is 14.2. The second kappa shape index (κ2) is 5.39. The van der Waals surface area contributed by atoms with Crippen LogP contribution in [-0.2, 0) is 20.1 Å². The van der Waals surface area contributed by atoms with E-state index in [0.29, 0.717) is 0 Å². The quantitative estimate of drug-likeness (QED) is 0.649. The van der Waals surface area contributed by atoms with Gasteiger partial charge in [-0.25, -0.2) is 0 Å². The standard InChI is InChI=1S/C15H12N.Ir/c1-2-6-13-11-14(9-8-12(13)5-1)15-7-3-4-10-16-15;/h1-2,4-6,8-10H,3,7H2;/q-1;. The Morgan fingerprint density at radius 3 is 2.76 bits per heavy atom. The molecule has 0 amide bonds. The van der Waals surface area contributed by atoms with Crippen LogP contribution in [0.2, 0.25) is 0 Å². The Bertz CT molecular complexity index is 584. The van der Waals surface area contributed by atoms with Crippen molar-refractivity contribution in [2.75, 3.05) is 0 Å². The maximum atomic E-state index is 4.41. The summed E-state index contributed by atoms with van der Waals surface area (Å²) in [4.78, 5) is 4.41. The second-order valence-electron chi connectivity index (χ2n) is 3.96. The molecule has 0 aliphatic carbocycles. The maximum absolute atomic E-state index is 4.41. The molecule has 0 fully saturated rings. The smallest absolute Gasteiger partial charge is 0.0139 e. The van der Waals surface area contributed by atoms with Gasteiger partial charge < -0.3 is 0 Å². The van der Waals surface area contributed by atoms with E-state index in [2.05, 4.69) is 47.5 Å². The summed E-state index contributed by atoms with van der Waals surface area (Å²) in [6, 6.07) is 16.0. The van der Waals surface area contributed by atoms with Crippen LogP contribution in [0, 0.1) is 6.07 Å². The predicted octanol–water partition coefficient (Wildman–Crippen LogP) is 3.73. The average molecular weight is 398 g/mol. The molecule has 3 rings (SSSR count). The molecule has 2 aromatic carbocycles. The molecule has 0 atom stereocenters. The molecule has 0 aromatic heterocycles. The minimum atomic E-state index is 0. The van der Waals surface area contributed by atoms with Gasteiger partial charge in [-0.15, -0.1) is 35.2 Å². The monoisotopic (exact) mass is 399 g/mol. The SMILES string of the molecule is [Ir].[c-]1c(C2=NC=CCC2)ccc2ccccc12. The van der Waals surface area contributed by atoms with Crippen molar-refractivity contribution >= 4 is 16.5 Å². The summed E-state index contributed by atoms with van der Waals surface area (Å²) in [6.45, 7) is 0. The molecule has 1 nitrogen and oxygen atoms in total. The van der Waals surface area contributed by atoms with Crippen LogP contribution in [0.15, 0.2) is 53.7 Å². The van der Waals surface area contributed by atoms with E-state index in [0.717, 1.165) is 29.5 Å². The molecule has 0 N–H and O–H groups in total. The molecule has 0 bridgehead atoms. The van der Waals surface area contributed by atoms with E-state index in [1.165, 1.54) is 5.39 Å². The zero-order chi connectivity index (χ0) is 10.8. The molecule has 17 heavy (non-hydrogen) atoms. The van der Waals surface area contributed by atoms with E-state index in [1.54, 1.807) is 0 Å². The van der Waals surface area contributed by atoms with Crippen LogP contribution >= 0.6 is 0 Å². The maximum Gasteiger partial charge on any atom is 0.0139 e. The van der Waals surface area contributed by atoms with Gasteiger partial charge in [0.2, 0.25) is 0 Å². The molecule has 2 heteroatoms. The minimum Gasteiger partial charge on any atom is -0.300 e. The van der Waals surface area contributed by atoms with Crippen molar-refractivity contribution in [2.24, 2.45) is 4.99 Å². The Hall–Kier alpha value is -1.24. The summed E-state index contributed by atoms with van der Waals surface area (Å²) in [7, 11) is 0. The zero-order valence-corrected chi connectivity index (χ0v) is 11.7. The van der Waals surface area contributed by atoms with Gasteiger partial charge in [0.05, 0.1) is 0 Å². The Labute approximate surface area is 115 Å². The van der Waals surface area contributed by atoms with Crippen LogP contribution in [0.1, 0.15) is 18.4 Å². The van der Waals surface area contributed by atoms with Crippen molar-refractivity contribution in [1.82, 2.24) is 0 Å². The van der Waals surface area contributed by atoms with E-state index < -0.39 is 0 Å². The van der Waals surface area contributed by atoms with Crippen molar-refractivity contribution in [2.45, 2.75) is 12.8 Å². The first-order valence-electron chi connectivity index (χ1n) is 5.56. The van der Waals surface area contributed by atoms with Crippen molar-refractivity contribution in [3.63, 3.8) is 0 Å². The first-order valence-corrected chi connectivity index (χ1v) is 5.56. The van der Waals surface area contributed by atoms with Crippen LogP contribution in [0.4, 0.5) is 0 Å². The summed E-state index contributed by atoms with van der Waals surface area (Å²) < 4.78 is 0. The van der Waals surface area contributed by atoms with Crippen molar-refractivity contribution in [3.8, 4) is 0 Å². The first kappa shape index (κ1) is 12.2. The molecule has 1 aliphatic heterocycles. The van der Waals surface area contributed by atoms with Gasteiger partial charge in [0.25, 0.3) is 0 Å². The fourth-order valence-electron chi connectivity index (χ4n) is 1.99. The third kappa shape index (κ3) is 2.54. The topological polar surface area (TPSA) is 12.4 Å². The van der Waals surface area contributed by atoms with Gasteiger partial charge in [-0.1, -0.05) is 29.7 Å². The Morgan fingerprint density at radius 2 is 1.94 bits per heavy atom. The molecule has 0 spiro atoms. The van der Waals surface area contributed by atoms with Crippen molar-refractivity contribution < 1.29 is 20.1 Å². The molecule has 2 aromatic rings. The van der Waals surface area contributed by atoms with E-state index in [1.807, 2.05) is 12.3 Å². The Morgan fingerprint density at radius 1 is 1.06 bits per heavy atom. The third-order valence-corrected chi connectivity index (χ3v) is 2.85. The number of fused-ring (bicyclic) bond motifs is 1. The predicted molar refractivity (Wildman–Crippen MR) is 67.7 cm³/mol. The average Bonchev–Trinajstić information content (AvgIpc) is 2.39. The van der Waals surface area contributed by atoms with Crippen LogP contribution < -0.4 is 0 Å². The van der Waals surface area contributed by atoms with E-state index in [4.69, 9.17) is 0 Å². The van der Waals surface area contributed by atoms with Gasteiger partial charge in [0, 0.05) is 26.3 Å². The zero-order valence-electron chi connectivity index (χ0n) is 9.31. The second-order valence-corrected chi connectivity index (χ2v) is 3.96. The van der Waals surface area contributed by atoms with Crippen molar-refractivity contribution in [3.05, 3.63) is 60.3 Å². The number of nitrogens with zero attached hydrogens (tertiary/aromatic N) is 1. The van der Waals surface area contributed by atoms with Crippen LogP contribution in [0.5, 0.6) is 0 Å². The number of aliphatic imine (C=N–C) groups is 1. The summed E-state index contributed by atoms with van der Waals surface area (Å²) in [6.07, 6.45) is 6.09. The number of hydrogen-bond donors (Lipinski definition) is 0. The fourth-order valence-corrected chi connectivity index (χ4v) is 1.99. The summed E-state index contributed by atoms with van der Waals surface area (Å²) in [5.41, 5.74) is 2.27. The van der Waals surface area contributed by atoms with Gasteiger partial charge in [-0.05, 0) is 18.6 Å². The molecular weight excluding hydrogens is 386 g/mol. The number of hydrogen-bond acceptors (Lipinski definition) is 1. The van der Waals surface area contributed by atoms with Crippen LogP contribution in [0.25, 0.3) is 10.8 Å². The number of benzene rings is 2. The largest absolute Gasteiger partial charge is 0.300 e. The number of rotatable bonds is 1. The van der Waals surface area contributed by atoms with Gasteiger partial charge in [0.15, 0.2) is 0 Å². The Kier molecular flexibility index (Phi) is 3.88. The van der Waals surface area contributed by atoms with Gasteiger partial charge in [-0.2, -0.15) is 0 Å². The molecule has 1 aliphatic rings. The Balaban J connectivity index is 0.00000108. The fraction of sp³-hybridized carbons (Fsp3) is 0.133. The van der Waals surface area contributed by atoms with E-state index in [9.17, 15) is 0 Å². The van der Waals surface area contributed by atoms with Gasteiger partial charge in [-0.3, -0.25) is 4.99 Å². The van der Waals surface area contributed by atoms with E-state index >= 15 is 0 Å². The van der Waals surface area contributed by atoms with Gasteiger partial charge >= 0.3 is 0 Å². The first-order chi connectivity index (χ1) is 7.93. The molecule has 0 saturated heterocycles. The molecule has 0 unspecified atom stereocenters. The molecule has 87 valence electrons. The van der Waals surface area contributed by atoms with E-state index in [-0.39, 0.29) is 20.1 Å². The minimum absolute atomic E-state index is 0. The molecule has 0 saturated carbocycles. The summed E-state index contributed by atoms with van der Waals surface area (Å²) in [5.74, 6) is 0. The molecule has 1 radical (unpaired) electrons. The van der Waals surface area contributed by atoms with Gasteiger partial charge in [0.1, 0.15) is 0 Å². The van der Waals surface area contributed by atoms with Crippen LogP contribution in [0.3, 0.4) is 0 Å². The third-order valence-electron chi connectivity index (χ3n) is 2.85. The van der Waals surface area contributed by atoms with Crippen molar-refractivity contribution in [1.29, 1.82) is 0 Å². The molecular formula is C15H12IrN-. The van der Waals surface area contributed by atoms with Crippen LogP contribution in [-0.4, -0.2) is 5.71 Å². The summed E-state index contributed by atoms with van der Waals surface area (Å²) in [5, 5.41) is 2.40. The molecule has 1 heterocycles. The number of allylic oxidation sites excluding steroid dienone is 1. The summed E-state index contributed by atoms with van der Waals surface area (Å²) >= 11 is 0.